The first-order chi connectivity index (χ1) is 16.0. The van der Waals surface area contributed by atoms with Gasteiger partial charge in [0.05, 0.1) is 17.6 Å². The number of halogens is 1. The quantitative estimate of drug-likeness (QED) is 0.629. The minimum absolute atomic E-state index is 0.0576. The standard InChI is InChI=1S/C26H27FN4O2/c1-17-16-30(11-9-29-17)20-12-19(14-28-15-20)22-5-2-4-21(26(22)33)18-7-8-24(23(27)13-18)31-10-3-6-25(31)32/h2,4-5,7-8,12-15,17,29,33H,3,6,9-11,16H2,1H3/t17-/m1/s1. The molecular weight excluding hydrogens is 419 g/mol. The molecule has 0 bridgehead atoms. The number of phenolic OH excluding ortho intramolecular Hbond substituents is 1. The molecule has 5 rings (SSSR count). The van der Waals surface area contributed by atoms with E-state index in [1.54, 1.807) is 24.4 Å². The van der Waals surface area contributed by atoms with Crippen LogP contribution in [0.4, 0.5) is 15.8 Å². The van der Waals surface area contributed by atoms with Crippen molar-refractivity contribution in [1.29, 1.82) is 0 Å². The zero-order valence-electron chi connectivity index (χ0n) is 18.6. The molecule has 0 radical (unpaired) electrons. The van der Waals surface area contributed by atoms with Gasteiger partial charge in [-0.15, -0.1) is 0 Å². The summed E-state index contributed by atoms with van der Waals surface area (Å²) in [5, 5.41) is 14.6. The number of nitrogens with zero attached hydrogens (tertiary/aromatic N) is 3. The van der Waals surface area contributed by atoms with Crippen molar-refractivity contribution in [2.75, 3.05) is 36.0 Å². The number of rotatable bonds is 4. The molecule has 7 heteroatoms. The molecule has 2 saturated heterocycles. The molecule has 3 aromatic rings. The molecule has 2 aromatic carbocycles. The van der Waals surface area contributed by atoms with Crippen molar-refractivity contribution < 1.29 is 14.3 Å². The van der Waals surface area contributed by atoms with Crippen molar-refractivity contribution in [2.24, 2.45) is 0 Å². The van der Waals surface area contributed by atoms with E-state index in [9.17, 15) is 14.3 Å². The first-order valence-corrected chi connectivity index (χ1v) is 11.4. The second-order valence-electron chi connectivity index (χ2n) is 8.75. The van der Waals surface area contributed by atoms with Gasteiger partial charge in [-0.1, -0.05) is 24.3 Å². The van der Waals surface area contributed by atoms with Gasteiger partial charge in [-0.3, -0.25) is 9.78 Å². The minimum atomic E-state index is -0.468. The van der Waals surface area contributed by atoms with Crippen LogP contribution >= 0.6 is 0 Å². The number of pyridine rings is 1. The highest BCUT2D eigenvalue weighted by Crippen LogP contribution is 2.40. The van der Waals surface area contributed by atoms with Crippen LogP contribution in [0.15, 0.2) is 54.9 Å². The highest BCUT2D eigenvalue weighted by molar-refractivity contribution is 5.96. The molecule has 0 spiro atoms. The number of nitrogens with one attached hydrogen (secondary N) is 1. The summed E-state index contributed by atoms with van der Waals surface area (Å²) >= 11 is 0. The summed E-state index contributed by atoms with van der Waals surface area (Å²) in [6.45, 7) is 5.39. The number of aromatic nitrogens is 1. The Morgan fingerprint density at radius 1 is 1.09 bits per heavy atom. The van der Waals surface area contributed by atoms with Crippen molar-refractivity contribution in [3.05, 3.63) is 60.7 Å². The third-order valence-electron chi connectivity index (χ3n) is 6.43. The van der Waals surface area contributed by atoms with E-state index < -0.39 is 5.82 Å². The number of hydrogen-bond donors (Lipinski definition) is 2. The second kappa shape index (κ2) is 8.83. The van der Waals surface area contributed by atoms with Gasteiger partial charge in [0.25, 0.3) is 0 Å². The molecule has 0 saturated carbocycles. The van der Waals surface area contributed by atoms with Gasteiger partial charge in [0.1, 0.15) is 11.6 Å². The van der Waals surface area contributed by atoms with Gasteiger partial charge in [0.15, 0.2) is 0 Å². The zero-order chi connectivity index (χ0) is 22.9. The summed E-state index contributed by atoms with van der Waals surface area (Å²) in [6.07, 6.45) is 4.76. The van der Waals surface area contributed by atoms with Gasteiger partial charge in [-0.25, -0.2) is 4.39 Å². The predicted octanol–water partition coefficient (Wildman–Crippen LogP) is 4.19. The van der Waals surface area contributed by atoms with E-state index in [0.29, 0.717) is 41.4 Å². The third-order valence-corrected chi connectivity index (χ3v) is 6.43. The molecule has 33 heavy (non-hydrogen) atoms. The molecule has 2 aliphatic rings. The number of aromatic hydroxyl groups is 1. The summed E-state index contributed by atoms with van der Waals surface area (Å²) in [6, 6.07) is 12.6. The van der Waals surface area contributed by atoms with Crippen LogP contribution in [0.25, 0.3) is 22.3 Å². The normalized spacial score (nSPS) is 18.7. The van der Waals surface area contributed by atoms with E-state index in [0.717, 1.165) is 37.3 Å². The monoisotopic (exact) mass is 446 g/mol. The number of carbonyl (C=O) groups excluding carboxylic acids is 1. The van der Waals surface area contributed by atoms with Crippen LogP contribution in [0.3, 0.4) is 0 Å². The van der Waals surface area contributed by atoms with Gasteiger partial charge in [0, 0.05) is 61.5 Å². The lowest BCUT2D eigenvalue weighted by Gasteiger charge is -2.33. The number of benzene rings is 2. The molecule has 2 aliphatic heterocycles. The van der Waals surface area contributed by atoms with E-state index in [-0.39, 0.29) is 11.7 Å². The highest BCUT2D eigenvalue weighted by Gasteiger charge is 2.25. The first kappa shape index (κ1) is 21.4. The van der Waals surface area contributed by atoms with Gasteiger partial charge in [-0.05, 0) is 37.1 Å². The number of para-hydroxylation sites is 1. The van der Waals surface area contributed by atoms with E-state index in [4.69, 9.17) is 0 Å². The molecule has 2 fully saturated rings. The lowest BCUT2D eigenvalue weighted by Crippen LogP contribution is -2.49. The number of phenols is 1. The minimum Gasteiger partial charge on any atom is -0.507 e. The van der Waals surface area contributed by atoms with Crippen molar-refractivity contribution in [3.8, 4) is 28.0 Å². The third kappa shape index (κ3) is 4.16. The van der Waals surface area contributed by atoms with Gasteiger partial charge < -0.3 is 20.2 Å². The Labute approximate surface area is 192 Å². The number of carbonyl (C=O) groups is 1. The maximum absolute atomic E-state index is 14.9. The van der Waals surface area contributed by atoms with Crippen molar-refractivity contribution >= 4 is 17.3 Å². The Balaban J connectivity index is 1.47. The Morgan fingerprint density at radius 2 is 1.91 bits per heavy atom. The summed E-state index contributed by atoms with van der Waals surface area (Å²) in [5.74, 6) is -0.448. The molecule has 0 unspecified atom stereocenters. The second-order valence-corrected chi connectivity index (χ2v) is 8.75. The topological polar surface area (TPSA) is 68.7 Å². The van der Waals surface area contributed by atoms with Gasteiger partial charge in [0.2, 0.25) is 5.91 Å². The Hall–Kier alpha value is -3.45. The molecule has 1 atom stereocenters. The lowest BCUT2D eigenvalue weighted by atomic mass is 9.97. The molecular formula is C26H27FN4O2. The Morgan fingerprint density at radius 3 is 2.64 bits per heavy atom. The molecule has 1 amide bonds. The van der Waals surface area contributed by atoms with Crippen LogP contribution in [-0.2, 0) is 4.79 Å². The molecule has 0 aliphatic carbocycles. The largest absolute Gasteiger partial charge is 0.507 e. The fourth-order valence-electron chi connectivity index (χ4n) is 4.72. The predicted molar refractivity (Wildman–Crippen MR) is 128 cm³/mol. The van der Waals surface area contributed by atoms with Crippen LogP contribution in [0.5, 0.6) is 5.75 Å². The Bertz CT molecular complexity index is 1200. The SMILES string of the molecule is C[C@@H]1CN(c2cncc(-c3cccc(-c4ccc(N5CCCC5=O)c(F)c4)c3O)c2)CCN1. The Kier molecular flexibility index (Phi) is 5.72. The van der Waals surface area contributed by atoms with Crippen LogP contribution in [0.2, 0.25) is 0 Å². The zero-order valence-corrected chi connectivity index (χ0v) is 18.6. The van der Waals surface area contributed by atoms with E-state index in [2.05, 4.69) is 22.1 Å². The maximum atomic E-state index is 14.9. The molecule has 1 aromatic heterocycles. The van der Waals surface area contributed by atoms with Crippen molar-refractivity contribution in [2.45, 2.75) is 25.8 Å². The number of hydrogen-bond acceptors (Lipinski definition) is 5. The molecule has 170 valence electrons. The molecule has 6 nitrogen and oxygen atoms in total. The summed E-state index contributed by atoms with van der Waals surface area (Å²) < 4.78 is 14.9. The van der Waals surface area contributed by atoms with Gasteiger partial charge >= 0.3 is 0 Å². The van der Waals surface area contributed by atoms with Crippen LogP contribution in [0, 0.1) is 5.82 Å². The average Bonchev–Trinajstić information content (AvgIpc) is 3.25. The van der Waals surface area contributed by atoms with E-state index >= 15 is 0 Å². The molecule has 3 heterocycles. The molecule has 2 N–H and O–H groups in total. The fraction of sp³-hybridized carbons (Fsp3) is 0.308. The van der Waals surface area contributed by atoms with Gasteiger partial charge in [-0.2, -0.15) is 0 Å². The van der Waals surface area contributed by atoms with Crippen LogP contribution in [-0.4, -0.2) is 48.2 Å². The number of piperazine rings is 1. The van der Waals surface area contributed by atoms with E-state index in [1.807, 2.05) is 24.4 Å². The summed E-state index contributed by atoms with van der Waals surface area (Å²) in [4.78, 5) is 20.2. The smallest absolute Gasteiger partial charge is 0.227 e. The first-order valence-electron chi connectivity index (χ1n) is 11.4. The van der Waals surface area contributed by atoms with Crippen molar-refractivity contribution in [1.82, 2.24) is 10.3 Å². The number of anilines is 2. The maximum Gasteiger partial charge on any atom is 0.227 e. The fourth-order valence-corrected chi connectivity index (χ4v) is 4.72. The summed E-state index contributed by atoms with van der Waals surface area (Å²) in [5.41, 5.74) is 3.84. The summed E-state index contributed by atoms with van der Waals surface area (Å²) in [7, 11) is 0. The lowest BCUT2D eigenvalue weighted by molar-refractivity contribution is -0.117. The van der Waals surface area contributed by atoms with Crippen LogP contribution in [0.1, 0.15) is 19.8 Å². The number of amides is 1. The van der Waals surface area contributed by atoms with Crippen LogP contribution < -0.4 is 15.1 Å². The van der Waals surface area contributed by atoms with E-state index in [1.165, 1.54) is 11.0 Å². The van der Waals surface area contributed by atoms with Crippen molar-refractivity contribution in [3.63, 3.8) is 0 Å². The average molecular weight is 447 g/mol. The highest BCUT2D eigenvalue weighted by atomic mass is 19.1.